The van der Waals surface area contributed by atoms with E-state index in [1.807, 2.05) is 0 Å². The van der Waals surface area contributed by atoms with Gasteiger partial charge < -0.3 is 14.7 Å². The van der Waals surface area contributed by atoms with E-state index >= 15 is 0 Å². The smallest absolute Gasteiger partial charge is 0.0900 e. The zero-order valence-corrected chi connectivity index (χ0v) is 16.1. The van der Waals surface area contributed by atoms with Crippen LogP contribution in [0.25, 0.3) is 0 Å². The van der Waals surface area contributed by atoms with Gasteiger partial charge in [0.1, 0.15) is 0 Å². The molecule has 1 aliphatic heterocycles. The normalized spacial score (nSPS) is 35.2. The van der Waals surface area contributed by atoms with Crippen molar-refractivity contribution in [2.45, 2.75) is 78.9 Å². The van der Waals surface area contributed by atoms with E-state index in [1.165, 1.54) is 19.3 Å². The number of ether oxygens (including phenoxy) is 1. The molecule has 136 valence electrons. The minimum Gasteiger partial charge on any atom is -0.389 e. The maximum absolute atomic E-state index is 10.3. The first-order valence-corrected chi connectivity index (χ1v) is 9.76. The Bertz CT molecular complexity index is 334. The minimum atomic E-state index is -0.340. The lowest BCUT2D eigenvalue weighted by molar-refractivity contribution is -0.0482. The summed E-state index contributed by atoms with van der Waals surface area (Å²) in [7, 11) is 0. The number of aliphatic hydroxyl groups excluding tert-OH is 1. The van der Waals surface area contributed by atoms with Gasteiger partial charge in [-0.05, 0) is 55.3 Å². The van der Waals surface area contributed by atoms with Gasteiger partial charge in [0, 0.05) is 19.6 Å². The largest absolute Gasteiger partial charge is 0.389 e. The quantitative estimate of drug-likeness (QED) is 0.831. The highest BCUT2D eigenvalue weighted by Gasteiger charge is 2.30. The number of piperidine rings is 1. The first-order chi connectivity index (χ1) is 10.7. The van der Waals surface area contributed by atoms with Crippen molar-refractivity contribution in [3.8, 4) is 0 Å². The highest BCUT2D eigenvalue weighted by Crippen LogP contribution is 2.38. The minimum absolute atomic E-state index is 0.340. The highest BCUT2D eigenvalue weighted by molar-refractivity contribution is 4.81. The molecule has 0 aromatic rings. The van der Waals surface area contributed by atoms with Crippen LogP contribution in [-0.4, -0.2) is 48.5 Å². The fraction of sp³-hybridized carbons (Fsp3) is 1.00. The molecule has 3 atom stereocenters. The molecule has 2 aliphatic rings. The number of likely N-dealkylation sites (tertiary alicyclic amines) is 1. The Morgan fingerprint density at radius 1 is 1.04 bits per heavy atom. The third-order valence-electron chi connectivity index (χ3n) is 5.84. The van der Waals surface area contributed by atoms with Crippen LogP contribution < -0.4 is 0 Å². The molecular formula is C20H39NO2. The van der Waals surface area contributed by atoms with Crippen molar-refractivity contribution in [2.24, 2.45) is 23.2 Å². The number of β-amino-alcohol motifs (C(OH)–C–C–N with tert-alkyl or cyclic N) is 1. The standard InChI is InChI=1S/C20H39NO2/c1-15-10-16(2)12-21(11-15)13-18(22)14-23-19-8-6-17(7-9-19)20(3,4)5/h15-19,22H,6-14H2,1-5H3/t15-,16+,17?,18-,19?/m1/s1. The van der Waals surface area contributed by atoms with E-state index < -0.39 is 0 Å². The van der Waals surface area contributed by atoms with E-state index in [0.29, 0.717) is 18.1 Å². The molecule has 1 saturated heterocycles. The van der Waals surface area contributed by atoms with Crippen LogP contribution in [0.15, 0.2) is 0 Å². The van der Waals surface area contributed by atoms with Crippen LogP contribution in [-0.2, 0) is 4.74 Å². The zero-order chi connectivity index (χ0) is 17.0. The number of rotatable bonds is 5. The summed E-state index contributed by atoms with van der Waals surface area (Å²) in [6.45, 7) is 15.2. The lowest BCUT2D eigenvalue weighted by atomic mass is 9.72. The van der Waals surface area contributed by atoms with E-state index in [2.05, 4.69) is 39.5 Å². The van der Waals surface area contributed by atoms with E-state index in [-0.39, 0.29) is 6.10 Å². The van der Waals surface area contributed by atoms with E-state index in [1.54, 1.807) is 0 Å². The predicted octanol–water partition coefficient (Wildman–Crippen LogP) is 3.95. The average molecular weight is 326 g/mol. The molecule has 23 heavy (non-hydrogen) atoms. The van der Waals surface area contributed by atoms with Gasteiger partial charge in [-0.2, -0.15) is 0 Å². The first kappa shape index (κ1) is 19.2. The summed E-state index contributed by atoms with van der Waals surface area (Å²) in [6.07, 6.45) is 6.20. The first-order valence-electron chi connectivity index (χ1n) is 9.76. The highest BCUT2D eigenvalue weighted by atomic mass is 16.5. The fourth-order valence-electron chi connectivity index (χ4n) is 4.63. The van der Waals surface area contributed by atoms with Gasteiger partial charge in [0.05, 0.1) is 18.8 Å². The van der Waals surface area contributed by atoms with Gasteiger partial charge in [-0.3, -0.25) is 0 Å². The molecule has 0 amide bonds. The summed E-state index contributed by atoms with van der Waals surface area (Å²) in [4.78, 5) is 2.42. The summed E-state index contributed by atoms with van der Waals surface area (Å²) in [5, 5.41) is 10.3. The molecular weight excluding hydrogens is 286 g/mol. The SMILES string of the molecule is C[C@@H]1C[C@H](C)CN(C[C@@H](O)COC2CCC(C(C)(C)C)CC2)C1. The van der Waals surface area contributed by atoms with Crippen molar-refractivity contribution in [1.29, 1.82) is 0 Å². The molecule has 1 heterocycles. The molecule has 0 aromatic heterocycles. The molecule has 1 aliphatic carbocycles. The molecule has 2 rings (SSSR count). The van der Waals surface area contributed by atoms with Gasteiger partial charge >= 0.3 is 0 Å². The van der Waals surface area contributed by atoms with Gasteiger partial charge in [-0.15, -0.1) is 0 Å². The Labute approximate surface area is 143 Å². The van der Waals surface area contributed by atoms with Gasteiger partial charge in [-0.1, -0.05) is 34.6 Å². The number of aliphatic hydroxyl groups is 1. The molecule has 0 radical (unpaired) electrons. The van der Waals surface area contributed by atoms with Crippen LogP contribution in [0.3, 0.4) is 0 Å². The Morgan fingerprint density at radius 2 is 1.61 bits per heavy atom. The number of nitrogens with zero attached hydrogens (tertiary/aromatic N) is 1. The molecule has 0 aromatic carbocycles. The Hall–Kier alpha value is -0.120. The Morgan fingerprint density at radius 3 is 2.13 bits per heavy atom. The summed E-state index contributed by atoms with van der Waals surface area (Å²) < 4.78 is 6.02. The van der Waals surface area contributed by atoms with E-state index in [4.69, 9.17) is 4.74 Å². The Kier molecular flexibility index (Phi) is 6.94. The lowest BCUT2D eigenvalue weighted by Gasteiger charge is -2.38. The average Bonchev–Trinajstić information content (AvgIpc) is 2.43. The third kappa shape index (κ3) is 6.36. The summed E-state index contributed by atoms with van der Waals surface area (Å²) in [5.74, 6) is 2.32. The summed E-state index contributed by atoms with van der Waals surface area (Å²) in [6, 6.07) is 0. The summed E-state index contributed by atoms with van der Waals surface area (Å²) in [5.41, 5.74) is 0.423. The van der Waals surface area contributed by atoms with Crippen LogP contribution in [0.5, 0.6) is 0 Å². The van der Waals surface area contributed by atoms with Crippen molar-refractivity contribution in [3.05, 3.63) is 0 Å². The van der Waals surface area contributed by atoms with Gasteiger partial charge in [-0.25, -0.2) is 0 Å². The summed E-state index contributed by atoms with van der Waals surface area (Å²) >= 11 is 0. The van der Waals surface area contributed by atoms with Crippen LogP contribution in [0, 0.1) is 23.2 Å². The van der Waals surface area contributed by atoms with E-state index in [0.717, 1.165) is 50.2 Å². The maximum atomic E-state index is 10.3. The van der Waals surface area contributed by atoms with Gasteiger partial charge in [0.25, 0.3) is 0 Å². The molecule has 3 heteroatoms. The number of hydrogen-bond donors (Lipinski definition) is 1. The second-order valence-corrected chi connectivity index (χ2v) is 9.49. The van der Waals surface area contributed by atoms with Crippen LogP contribution >= 0.6 is 0 Å². The van der Waals surface area contributed by atoms with Crippen LogP contribution in [0.2, 0.25) is 0 Å². The van der Waals surface area contributed by atoms with Gasteiger partial charge in [0.15, 0.2) is 0 Å². The van der Waals surface area contributed by atoms with Crippen LogP contribution in [0.1, 0.15) is 66.7 Å². The molecule has 1 N–H and O–H groups in total. The van der Waals surface area contributed by atoms with Crippen molar-refractivity contribution in [1.82, 2.24) is 4.90 Å². The second-order valence-electron chi connectivity index (χ2n) is 9.49. The monoisotopic (exact) mass is 325 g/mol. The fourth-order valence-corrected chi connectivity index (χ4v) is 4.63. The molecule has 0 unspecified atom stereocenters. The molecule has 3 nitrogen and oxygen atoms in total. The third-order valence-corrected chi connectivity index (χ3v) is 5.84. The van der Waals surface area contributed by atoms with Crippen molar-refractivity contribution in [3.63, 3.8) is 0 Å². The van der Waals surface area contributed by atoms with Crippen LogP contribution in [0.4, 0.5) is 0 Å². The molecule has 2 fully saturated rings. The molecule has 1 saturated carbocycles. The van der Waals surface area contributed by atoms with Gasteiger partial charge in [0.2, 0.25) is 0 Å². The number of hydrogen-bond acceptors (Lipinski definition) is 3. The second kappa shape index (κ2) is 8.31. The molecule has 0 spiro atoms. The molecule has 0 bridgehead atoms. The zero-order valence-electron chi connectivity index (χ0n) is 16.1. The Balaban J connectivity index is 1.64. The van der Waals surface area contributed by atoms with Crippen molar-refractivity contribution >= 4 is 0 Å². The maximum Gasteiger partial charge on any atom is 0.0900 e. The van der Waals surface area contributed by atoms with E-state index in [9.17, 15) is 5.11 Å². The van der Waals surface area contributed by atoms with Crippen molar-refractivity contribution in [2.75, 3.05) is 26.2 Å². The topological polar surface area (TPSA) is 32.7 Å². The van der Waals surface area contributed by atoms with Crippen molar-refractivity contribution < 1.29 is 9.84 Å². The predicted molar refractivity (Wildman–Crippen MR) is 96.5 cm³/mol. The lowest BCUT2D eigenvalue weighted by Crippen LogP contribution is -2.44.